The van der Waals surface area contributed by atoms with E-state index >= 15 is 0 Å². The minimum Gasteiger partial charge on any atom is -0.486 e. The SMILES string of the molecule is O=C(Nc1cc2c(cc1Br)OCCO2)C(F)(F)C(F)(F)F. The van der Waals surface area contributed by atoms with Gasteiger partial charge >= 0.3 is 18.0 Å². The standard InChI is InChI=1S/C11H7BrF5NO3/c12-5-3-7-8(21-2-1-20-7)4-6(5)18-9(19)10(13,14)11(15,16)17/h3-4H,1-2H2,(H,18,19). The summed E-state index contributed by atoms with van der Waals surface area (Å²) in [4.78, 5) is 11.1. The number of alkyl halides is 5. The van der Waals surface area contributed by atoms with Crippen LogP contribution < -0.4 is 14.8 Å². The quantitative estimate of drug-likeness (QED) is 0.806. The van der Waals surface area contributed by atoms with E-state index in [0.29, 0.717) is 0 Å². The Kier molecular flexibility index (Phi) is 4.00. The van der Waals surface area contributed by atoms with Gasteiger partial charge < -0.3 is 14.8 Å². The number of halogens is 6. The minimum absolute atomic E-state index is 0.0816. The molecule has 0 atom stereocenters. The first kappa shape index (κ1) is 15.8. The average Bonchev–Trinajstić information content (AvgIpc) is 2.38. The van der Waals surface area contributed by atoms with E-state index in [4.69, 9.17) is 9.47 Å². The lowest BCUT2D eigenvalue weighted by molar-refractivity contribution is -0.267. The van der Waals surface area contributed by atoms with Gasteiger partial charge in [0.15, 0.2) is 11.5 Å². The zero-order valence-corrected chi connectivity index (χ0v) is 11.6. The maximum absolute atomic E-state index is 12.9. The summed E-state index contributed by atoms with van der Waals surface area (Å²) < 4.78 is 72.4. The fraction of sp³-hybridized carbons (Fsp3) is 0.364. The molecule has 1 amide bonds. The fourth-order valence-electron chi connectivity index (χ4n) is 1.49. The van der Waals surface area contributed by atoms with E-state index in [1.807, 2.05) is 0 Å². The molecular weight excluding hydrogens is 369 g/mol. The van der Waals surface area contributed by atoms with Crippen LogP contribution in [0.2, 0.25) is 0 Å². The van der Waals surface area contributed by atoms with Crippen molar-refractivity contribution in [2.24, 2.45) is 0 Å². The van der Waals surface area contributed by atoms with Crippen LogP contribution in [0.15, 0.2) is 16.6 Å². The molecule has 0 saturated heterocycles. The van der Waals surface area contributed by atoms with Crippen LogP contribution in [0.5, 0.6) is 11.5 Å². The lowest BCUT2D eigenvalue weighted by atomic mass is 10.2. The molecule has 0 aliphatic carbocycles. The van der Waals surface area contributed by atoms with Gasteiger partial charge in [-0.25, -0.2) is 0 Å². The van der Waals surface area contributed by atoms with Crippen LogP contribution in [0.3, 0.4) is 0 Å². The Labute approximate surface area is 123 Å². The molecule has 1 aromatic rings. The normalized spacial score (nSPS) is 14.8. The lowest BCUT2D eigenvalue weighted by Gasteiger charge is -2.22. The molecule has 0 bridgehead atoms. The summed E-state index contributed by atoms with van der Waals surface area (Å²) in [6.45, 7) is 0.470. The van der Waals surface area contributed by atoms with E-state index < -0.39 is 18.0 Å². The van der Waals surface area contributed by atoms with Crippen molar-refractivity contribution in [1.82, 2.24) is 0 Å². The van der Waals surface area contributed by atoms with Gasteiger partial charge in [0.05, 0.1) is 5.69 Å². The summed E-state index contributed by atoms with van der Waals surface area (Å²) in [5.41, 5.74) is -0.284. The van der Waals surface area contributed by atoms with E-state index in [0.717, 1.165) is 6.07 Å². The molecule has 4 nitrogen and oxygen atoms in total. The van der Waals surface area contributed by atoms with Crippen LogP contribution in [-0.4, -0.2) is 31.2 Å². The number of hydrogen-bond donors (Lipinski definition) is 1. The van der Waals surface area contributed by atoms with Crippen molar-refractivity contribution >= 4 is 27.5 Å². The van der Waals surface area contributed by atoms with Crippen LogP contribution in [-0.2, 0) is 4.79 Å². The molecule has 0 saturated carbocycles. The van der Waals surface area contributed by atoms with Gasteiger partial charge in [-0.1, -0.05) is 0 Å². The second kappa shape index (κ2) is 5.32. The summed E-state index contributed by atoms with van der Waals surface area (Å²) in [6.07, 6.45) is -5.97. The average molecular weight is 376 g/mol. The van der Waals surface area contributed by atoms with Gasteiger partial charge in [-0.2, -0.15) is 22.0 Å². The third-order valence-corrected chi connectivity index (χ3v) is 3.18. The molecule has 1 aliphatic rings. The molecule has 0 aromatic heterocycles. The Hall–Kier alpha value is -1.58. The second-order valence-corrected chi connectivity index (χ2v) is 4.86. The van der Waals surface area contributed by atoms with Crippen molar-refractivity contribution < 1.29 is 36.2 Å². The van der Waals surface area contributed by atoms with Crippen LogP contribution in [0.25, 0.3) is 0 Å². The van der Waals surface area contributed by atoms with Crippen molar-refractivity contribution in [2.75, 3.05) is 18.5 Å². The molecule has 10 heteroatoms. The minimum atomic E-state index is -5.97. The van der Waals surface area contributed by atoms with Crippen molar-refractivity contribution in [3.8, 4) is 11.5 Å². The molecule has 1 heterocycles. The van der Waals surface area contributed by atoms with Crippen molar-refractivity contribution in [3.05, 3.63) is 16.6 Å². The zero-order chi connectivity index (χ0) is 15.8. The zero-order valence-electron chi connectivity index (χ0n) is 10.1. The Morgan fingerprint density at radius 1 is 1.10 bits per heavy atom. The third-order valence-electron chi connectivity index (χ3n) is 2.52. The largest absolute Gasteiger partial charge is 0.486 e. The number of ether oxygens (including phenoxy) is 2. The molecule has 1 aliphatic heterocycles. The monoisotopic (exact) mass is 375 g/mol. The summed E-state index contributed by atoms with van der Waals surface area (Å²) >= 11 is 2.94. The number of fused-ring (bicyclic) bond motifs is 1. The van der Waals surface area contributed by atoms with Crippen LogP contribution in [0.1, 0.15) is 0 Å². The first-order valence-electron chi connectivity index (χ1n) is 5.48. The number of anilines is 1. The summed E-state index contributed by atoms with van der Waals surface area (Å²) in [7, 11) is 0. The third kappa shape index (κ3) is 3.04. The fourth-order valence-corrected chi connectivity index (χ4v) is 1.91. The molecule has 0 unspecified atom stereocenters. The molecule has 2 rings (SSSR count). The molecule has 1 aromatic carbocycles. The van der Waals surface area contributed by atoms with Gasteiger partial charge in [0.25, 0.3) is 0 Å². The number of hydrogen-bond acceptors (Lipinski definition) is 3. The molecule has 0 radical (unpaired) electrons. The summed E-state index contributed by atoms with van der Waals surface area (Å²) in [5.74, 6) is -7.56. The van der Waals surface area contributed by atoms with E-state index in [9.17, 15) is 26.7 Å². The lowest BCUT2D eigenvalue weighted by Crippen LogP contribution is -2.47. The number of benzene rings is 1. The number of nitrogens with one attached hydrogen (secondary N) is 1. The first-order valence-corrected chi connectivity index (χ1v) is 6.27. The summed E-state index contributed by atoms with van der Waals surface area (Å²) in [5, 5.41) is 1.52. The van der Waals surface area contributed by atoms with Gasteiger partial charge in [-0.05, 0) is 15.9 Å². The number of carbonyl (C=O) groups is 1. The van der Waals surface area contributed by atoms with Gasteiger partial charge in [0, 0.05) is 16.6 Å². The van der Waals surface area contributed by atoms with E-state index in [-0.39, 0.29) is 34.9 Å². The topological polar surface area (TPSA) is 47.6 Å². The van der Waals surface area contributed by atoms with E-state index in [2.05, 4.69) is 15.9 Å². The predicted octanol–water partition coefficient (Wildman–Crippen LogP) is 3.36. The Morgan fingerprint density at radius 2 is 1.62 bits per heavy atom. The highest BCUT2D eigenvalue weighted by Crippen LogP contribution is 2.40. The maximum atomic E-state index is 12.9. The van der Waals surface area contributed by atoms with Crippen molar-refractivity contribution in [1.29, 1.82) is 0 Å². The highest BCUT2D eigenvalue weighted by molar-refractivity contribution is 9.10. The Balaban J connectivity index is 2.26. The van der Waals surface area contributed by atoms with Gasteiger partial charge in [-0.3, -0.25) is 4.79 Å². The first-order chi connectivity index (χ1) is 9.63. The molecular formula is C11H7BrF5NO3. The molecule has 1 N–H and O–H groups in total. The van der Waals surface area contributed by atoms with Gasteiger partial charge in [-0.15, -0.1) is 0 Å². The van der Waals surface area contributed by atoms with Crippen molar-refractivity contribution in [2.45, 2.75) is 12.1 Å². The smallest absolute Gasteiger partial charge is 0.463 e. The number of carbonyl (C=O) groups excluding carboxylic acids is 1. The molecule has 0 spiro atoms. The Bertz CT molecular complexity index is 576. The van der Waals surface area contributed by atoms with Gasteiger partial charge in [0.2, 0.25) is 0 Å². The van der Waals surface area contributed by atoms with E-state index in [1.165, 1.54) is 11.4 Å². The highest BCUT2D eigenvalue weighted by atomic mass is 79.9. The van der Waals surface area contributed by atoms with Crippen LogP contribution in [0, 0.1) is 0 Å². The summed E-state index contributed by atoms with van der Waals surface area (Å²) in [6, 6.07) is 2.40. The number of rotatable bonds is 2. The maximum Gasteiger partial charge on any atom is 0.463 e. The van der Waals surface area contributed by atoms with Crippen LogP contribution in [0.4, 0.5) is 27.6 Å². The van der Waals surface area contributed by atoms with Crippen LogP contribution >= 0.6 is 15.9 Å². The van der Waals surface area contributed by atoms with Crippen molar-refractivity contribution in [3.63, 3.8) is 0 Å². The second-order valence-electron chi connectivity index (χ2n) is 4.00. The predicted molar refractivity (Wildman–Crippen MR) is 64.8 cm³/mol. The molecule has 0 fully saturated rings. The molecule has 21 heavy (non-hydrogen) atoms. The van der Waals surface area contributed by atoms with E-state index in [1.54, 1.807) is 0 Å². The Morgan fingerprint density at radius 3 is 2.14 bits per heavy atom. The molecule has 116 valence electrons. The number of amides is 1. The van der Waals surface area contributed by atoms with Gasteiger partial charge in [0.1, 0.15) is 13.2 Å². The highest BCUT2D eigenvalue weighted by Gasteiger charge is 2.63.